The van der Waals surface area contributed by atoms with Gasteiger partial charge < -0.3 is 10.2 Å². The lowest BCUT2D eigenvalue weighted by molar-refractivity contribution is -0.140. The first-order valence-corrected chi connectivity index (χ1v) is 14.7. The maximum absolute atomic E-state index is 13.9. The topological polar surface area (TPSA) is 86.8 Å². The molecule has 0 aromatic heterocycles. The van der Waals surface area contributed by atoms with Crippen LogP contribution in [0.5, 0.6) is 0 Å². The predicted octanol–water partition coefficient (Wildman–Crippen LogP) is 6.17. The molecule has 11 heteroatoms. The summed E-state index contributed by atoms with van der Waals surface area (Å²) in [6, 6.07) is 18.2. The van der Waals surface area contributed by atoms with Gasteiger partial charge in [-0.2, -0.15) is 0 Å². The Bertz CT molecular complexity index is 1440. The van der Waals surface area contributed by atoms with Gasteiger partial charge in [-0.25, -0.2) is 8.42 Å². The van der Waals surface area contributed by atoms with Crippen LogP contribution >= 0.6 is 34.8 Å². The molecule has 3 aromatic rings. The second kappa shape index (κ2) is 12.6. The second-order valence-corrected chi connectivity index (χ2v) is 13.0. The Labute approximate surface area is 244 Å². The van der Waals surface area contributed by atoms with Gasteiger partial charge >= 0.3 is 0 Å². The number of benzene rings is 3. The van der Waals surface area contributed by atoms with Gasteiger partial charge in [0.2, 0.25) is 11.8 Å². The van der Waals surface area contributed by atoms with Crippen molar-refractivity contribution in [1.29, 1.82) is 0 Å². The van der Waals surface area contributed by atoms with Crippen LogP contribution in [0.1, 0.15) is 33.3 Å². The van der Waals surface area contributed by atoms with Crippen molar-refractivity contribution in [3.8, 4) is 0 Å². The van der Waals surface area contributed by atoms with Crippen molar-refractivity contribution in [3.63, 3.8) is 0 Å². The van der Waals surface area contributed by atoms with Gasteiger partial charge in [0.1, 0.15) is 12.6 Å². The molecule has 0 bridgehead atoms. The molecule has 0 aliphatic carbocycles. The highest BCUT2D eigenvalue weighted by Gasteiger charge is 2.34. The van der Waals surface area contributed by atoms with Crippen LogP contribution in [-0.2, 0) is 26.2 Å². The minimum atomic E-state index is -4.26. The SMILES string of the molecule is C[C@@H](C(=O)NC(C)(C)C)N(Cc1ccccc1Cl)C(=O)CN(c1cccc(Cl)c1Cl)S(=O)(=O)c1ccccc1. The van der Waals surface area contributed by atoms with Crippen molar-refractivity contribution in [3.05, 3.63) is 93.4 Å². The Morgan fingerprint density at radius 1 is 0.872 bits per heavy atom. The average Bonchev–Trinajstić information content (AvgIpc) is 2.87. The summed E-state index contributed by atoms with van der Waals surface area (Å²) in [5, 5.41) is 3.38. The van der Waals surface area contributed by atoms with Crippen LogP contribution in [0.25, 0.3) is 0 Å². The normalized spacial score (nSPS) is 12.5. The van der Waals surface area contributed by atoms with Crippen LogP contribution < -0.4 is 9.62 Å². The van der Waals surface area contributed by atoms with Crippen molar-refractivity contribution >= 4 is 62.3 Å². The maximum Gasteiger partial charge on any atom is 0.264 e. The Morgan fingerprint density at radius 2 is 1.46 bits per heavy atom. The number of sulfonamides is 1. The van der Waals surface area contributed by atoms with Gasteiger partial charge in [0.05, 0.1) is 20.6 Å². The number of carbonyl (C=O) groups excluding carboxylic acids is 2. The number of anilines is 1. The van der Waals surface area contributed by atoms with E-state index in [0.29, 0.717) is 10.6 Å². The zero-order chi connectivity index (χ0) is 29.0. The molecular formula is C28H30Cl3N3O4S. The molecule has 1 atom stereocenters. The lowest BCUT2D eigenvalue weighted by Gasteiger charge is -2.33. The monoisotopic (exact) mass is 609 g/mol. The summed E-state index contributed by atoms with van der Waals surface area (Å²) in [4.78, 5) is 28.4. The number of carbonyl (C=O) groups is 2. The third kappa shape index (κ3) is 7.66. The summed E-state index contributed by atoms with van der Waals surface area (Å²) in [5.74, 6) is -1.04. The quantitative estimate of drug-likeness (QED) is 0.314. The number of rotatable bonds is 9. The lowest BCUT2D eigenvalue weighted by Crippen LogP contribution is -2.54. The van der Waals surface area contributed by atoms with Gasteiger partial charge in [-0.15, -0.1) is 0 Å². The van der Waals surface area contributed by atoms with Crippen molar-refractivity contribution in [2.75, 3.05) is 10.8 Å². The first kappa shape index (κ1) is 30.8. The number of nitrogens with zero attached hydrogens (tertiary/aromatic N) is 2. The van der Waals surface area contributed by atoms with Crippen molar-refractivity contribution in [1.82, 2.24) is 10.2 Å². The molecule has 7 nitrogen and oxygen atoms in total. The molecule has 1 N–H and O–H groups in total. The Morgan fingerprint density at radius 3 is 2.08 bits per heavy atom. The van der Waals surface area contributed by atoms with E-state index in [-0.39, 0.29) is 27.2 Å². The summed E-state index contributed by atoms with van der Waals surface area (Å²) in [6.45, 7) is 6.39. The molecule has 3 aromatic carbocycles. The smallest absolute Gasteiger partial charge is 0.264 e. The Hall–Kier alpha value is -2.78. The first-order chi connectivity index (χ1) is 18.2. The standard InChI is InChI=1S/C28H30Cl3N3O4S/c1-19(27(36)32-28(2,3)4)33(17-20-11-8-9-14-22(20)29)25(35)18-34(24-16-10-15-23(30)26(24)31)39(37,38)21-12-6-5-7-13-21/h5-16,19H,17-18H2,1-4H3,(H,32,36)/t19-/m0/s1. The third-order valence-electron chi connectivity index (χ3n) is 5.77. The molecule has 39 heavy (non-hydrogen) atoms. The van der Waals surface area contributed by atoms with E-state index in [9.17, 15) is 18.0 Å². The fraction of sp³-hybridized carbons (Fsp3) is 0.286. The van der Waals surface area contributed by atoms with Crippen molar-refractivity contribution < 1.29 is 18.0 Å². The van der Waals surface area contributed by atoms with Crippen LogP contribution in [0.4, 0.5) is 5.69 Å². The molecule has 0 saturated heterocycles. The number of halogens is 3. The first-order valence-electron chi connectivity index (χ1n) is 12.1. The summed E-state index contributed by atoms with van der Waals surface area (Å²) < 4.78 is 28.5. The highest BCUT2D eigenvalue weighted by molar-refractivity contribution is 7.92. The van der Waals surface area contributed by atoms with Crippen LogP contribution in [0.3, 0.4) is 0 Å². The van der Waals surface area contributed by atoms with Gasteiger partial charge in [-0.05, 0) is 63.6 Å². The van der Waals surface area contributed by atoms with E-state index >= 15 is 0 Å². The Balaban J connectivity index is 2.08. The van der Waals surface area contributed by atoms with Crippen molar-refractivity contribution in [2.24, 2.45) is 0 Å². The highest BCUT2D eigenvalue weighted by atomic mass is 35.5. The molecule has 0 heterocycles. The lowest BCUT2D eigenvalue weighted by atomic mass is 10.1. The van der Waals surface area contributed by atoms with E-state index in [4.69, 9.17) is 34.8 Å². The molecule has 0 saturated carbocycles. The fourth-order valence-corrected chi connectivity index (χ4v) is 5.88. The van der Waals surface area contributed by atoms with Gasteiger partial charge in [0, 0.05) is 17.1 Å². The van der Waals surface area contributed by atoms with Gasteiger partial charge in [0.25, 0.3) is 10.0 Å². The minimum Gasteiger partial charge on any atom is -0.350 e. The fourth-order valence-electron chi connectivity index (χ4n) is 3.78. The van der Waals surface area contributed by atoms with E-state index in [2.05, 4.69) is 5.32 Å². The molecule has 208 valence electrons. The second-order valence-electron chi connectivity index (χ2n) is 9.93. The zero-order valence-corrected chi connectivity index (χ0v) is 25.1. The summed E-state index contributed by atoms with van der Waals surface area (Å²) in [6.07, 6.45) is 0. The maximum atomic E-state index is 13.9. The van der Waals surface area contributed by atoms with Crippen LogP contribution in [-0.4, -0.2) is 43.3 Å². The van der Waals surface area contributed by atoms with E-state index in [1.165, 1.54) is 29.2 Å². The van der Waals surface area contributed by atoms with Crippen molar-refractivity contribution in [2.45, 2.75) is 50.7 Å². The van der Waals surface area contributed by atoms with Crippen LogP contribution in [0, 0.1) is 0 Å². The molecule has 0 aliphatic rings. The molecule has 0 aliphatic heterocycles. The number of nitrogens with one attached hydrogen (secondary N) is 1. The summed E-state index contributed by atoms with van der Waals surface area (Å²) in [7, 11) is -4.26. The molecule has 0 unspecified atom stereocenters. The largest absolute Gasteiger partial charge is 0.350 e. The van der Waals surface area contributed by atoms with Gasteiger partial charge in [-0.1, -0.05) is 77.3 Å². The summed E-state index contributed by atoms with van der Waals surface area (Å²) >= 11 is 19.0. The number of hydrogen-bond acceptors (Lipinski definition) is 4. The van der Waals surface area contributed by atoms with E-state index < -0.39 is 40.0 Å². The number of amides is 2. The highest BCUT2D eigenvalue weighted by Crippen LogP contribution is 2.35. The molecule has 2 amide bonds. The number of hydrogen-bond donors (Lipinski definition) is 1. The zero-order valence-electron chi connectivity index (χ0n) is 22.0. The molecule has 3 rings (SSSR count). The minimum absolute atomic E-state index is 0.0253. The average molecular weight is 611 g/mol. The third-order valence-corrected chi connectivity index (χ3v) is 8.73. The molecule has 0 fully saturated rings. The Kier molecular flexibility index (Phi) is 9.93. The molecule has 0 spiro atoms. The van der Waals surface area contributed by atoms with Crippen LogP contribution in [0.15, 0.2) is 77.7 Å². The molecular weight excluding hydrogens is 581 g/mol. The van der Waals surface area contributed by atoms with Gasteiger partial charge in [-0.3, -0.25) is 13.9 Å². The molecule has 0 radical (unpaired) electrons. The van der Waals surface area contributed by atoms with E-state index in [1.54, 1.807) is 55.5 Å². The van der Waals surface area contributed by atoms with E-state index in [0.717, 1.165) is 4.31 Å². The van der Waals surface area contributed by atoms with Crippen LogP contribution in [0.2, 0.25) is 15.1 Å². The predicted molar refractivity (Wildman–Crippen MR) is 157 cm³/mol. The van der Waals surface area contributed by atoms with E-state index in [1.807, 2.05) is 20.8 Å². The van der Waals surface area contributed by atoms with Gasteiger partial charge in [0.15, 0.2) is 0 Å². The summed E-state index contributed by atoms with van der Waals surface area (Å²) in [5.41, 5.74) is 0.0774.